The lowest BCUT2D eigenvalue weighted by Crippen LogP contribution is -2.39. The topological polar surface area (TPSA) is 71.7 Å². The fourth-order valence-electron chi connectivity index (χ4n) is 2.95. The standard InChI is InChI=1S/C17H21N7O/c1-22(2)14-3-8-18-17(21-14)23-10-5-13(6-11-23)25-16-7-12-24-15(20-16)4-9-19-24/h3-4,7-9,12-13H,5-6,10-11H2,1-2H3. The van der Waals surface area contributed by atoms with Crippen molar-refractivity contribution in [2.75, 3.05) is 37.0 Å². The number of ether oxygens (including phenoxy) is 1. The van der Waals surface area contributed by atoms with E-state index in [0.717, 1.165) is 43.3 Å². The van der Waals surface area contributed by atoms with Crippen LogP contribution in [0.1, 0.15) is 12.8 Å². The van der Waals surface area contributed by atoms with Gasteiger partial charge in [-0.3, -0.25) is 0 Å². The smallest absolute Gasteiger partial charge is 0.227 e. The summed E-state index contributed by atoms with van der Waals surface area (Å²) < 4.78 is 7.78. The van der Waals surface area contributed by atoms with Crippen molar-refractivity contribution in [1.29, 1.82) is 0 Å². The molecule has 3 aromatic rings. The van der Waals surface area contributed by atoms with Gasteiger partial charge in [-0.05, 0) is 6.07 Å². The van der Waals surface area contributed by atoms with Crippen LogP contribution in [-0.4, -0.2) is 57.9 Å². The summed E-state index contributed by atoms with van der Waals surface area (Å²) in [4.78, 5) is 17.7. The molecule has 0 aromatic carbocycles. The molecule has 25 heavy (non-hydrogen) atoms. The zero-order valence-electron chi connectivity index (χ0n) is 14.4. The molecular weight excluding hydrogens is 318 g/mol. The molecule has 0 aliphatic carbocycles. The van der Waals surface area contributed by atoms with Crippen molar-refractivity contribution < 1.29 is 4.74 Å². The van der Waals surface area contributed by atoms with Crippen LogP contribution in [0.3, 0.4) is 0 Å². The molecule has 1 saturated heterocycles. The van der Waals surface area contributed by atoms with E-state index >= 15 is 0 Å². The van der Waals surface area contributed by atoms with Gasteiger partial charge in [0, 0.05) is 64.6 Å². The molecule has 4 heterocycles. The Morgan fingerprint density at radius 1 is 1.08 bits per heavy atom. The monoisotopic (exact) mass is 339 g/mol. The lowest BCUT2D eigenvalue weighted by molar-refractivity contribution is 0.163. The lowest BCUT2D eigenvalue weighted by atomic mass is 10.1. The molecule has 0 radical (unpaired) electrons. The van der Waals surface area contributed by atoms with Gasteiger partial charge in [-0.1, -0.05) is 0 Å². The van der Waals surface area contributed by atoms with Crippen molar-refractivity contribution in [3.05, 3.63) is 36.8 Å². The van der Waals surface area contributed by atoms with Crippen LogP contribution in [0.25, 0.3) is 5.65 Å². The van der Waals surface area contributed by atoms with E-state index in [2.05, 4.69) is 25.0 Å². The Hall–Kier alpha value is -2.90. The van der Waals surface area contributed by atoms with Crippen LogP contribution in [0.15, 0.2) is 36.8 Å². The Labute approximate surface area is 146 Å². The first-order valence-corrected chi connectivity index (χ1v) is 8.41. The molecule has 1 aliphatic heterocycles. The number of nitrogens with zero attached hydrogens (tertiary/aromatic N) is 7. The summed E-state index contributed by atoms with van der Waals surface area (Å²) in [5.41, 5.74) is 0.795. The van der Waals surface area contributed by atoms with Crippen molar-refractivity contribution in [2.45, 2.75) is 18.9 Å². The molecule has 0 spiro atoms. The zero-order valence-corrected chi connectivity index (χ0v) is 14.4. The van der Waals surface area contributed by atoms with Crippen LogP contribution >= 0.6 is 0 Å². The quantitative estimate of drug-likeness (QED) is 0.715. The van der Waals surface area contributed by atoms with Gasteiger partial charge in [-0.2, -0.15) is 15.1 Å². The summed E-state index contributed by atoms with van der Waals surface area (Å²) in [7, 11) is 3.97. The van der Waals surface area contributed by atoms with Crippen LogP contribution in [0.5, 0.6) is 5.88 Å². The Kier molecular flexibility index (Phi) is 4.09. The number of hydrogen-bond donors (Lipinski definition) is 0. The van der Waals surface area contributed by atoms with Gasteiger partial charge in [-0.15, -0.1) is 0 Å². The van der Waals surface area contributed by atoms with Gasteiger partial charge in [0.15, 0.2) is 5.65 Å². The minimum atomic E-state index is 0.158. The molecule has 0 N–H and O–H groups in total. The third-order valence-corrected chi connectivity index (χ3v) is 4.33. The highest BCUT2D eigenvalue weighted by Crippen LogP contribution is 2.21. The number of fused-ring (bicyclic) bond motifs is 1. The Morgan fingerprint density at radius 3 is 2.72 bits per heavy atom. The summed E-state index contributed by atoms with van der Waals surface area (Å²) in [6.07, 6.45) is 7.40. The molecule has 4 rings (SSSR count). The fraction of sp³-hybridized carbons (Fsp3) is 0.412. The summed E-state index contributed by atoms with van der Waals surface area (Å²) in [5.74, 6) is 2.35. The van der Waals surface area contributed by atoms with Crippen molar-refractivity contribution in [2.24, 2.45) is 0 Å². The Balaban J connectivity index is 1.38. The second kappa shape index (κ2) is 6.54. The molecule has 130 valence electrons. The van der Waals surface area contributed by atoms with Crippen LogP contribution in [0.2, 0.25) is 0 Å². The molecule has 1 fully saturated rings. The molecule has 1 aliphatic rings. The molecule has 0 saturated carbocycles. The number of piperidine rings is 1. The maximum Gasteiger partial charge on any atom is 0.227 e. The van der Waals surface area contributed by atoms with E-state index in [9.17, 15) is 0 Å². The molecule has 0 unspecified atom stereocenters. The predicted molar refractivity (Wildman–Crippen MR) is 95.2 cm³/mol. The summed E-state index contributed by atoms with van der Waals surface area (Å²) >= 11 is 0. The van der Waals surface area contributed by atoms with Crippen molar-refractivity contribution in [3.63, 3.8) is 0 Å². The summed E-state index contributed by atoms with van der Waals surface area (Å²) in [5, 5.41) is 4.14. The van der Waals surface area contributed by atoms with E-state index in [-0.39, 0.29) is 6.10 Å². The van der Waals surface area contributed by atoms with E-state index in [4.69, 9.17) is 4.74 Å². The van der Waals surface area contributed by atoms with Gasteiger partial charge in [0.1, 0.15) is 11.9 Å². The van der Waals surface area contributed by atoms with E-state index in [1.807, 2.05) is 49.6 Å². The fourth-order valence-corrected chi connectivity index (χ4v) is 2.95. The van der Waals surface area contributed by atoms with Crippen molar-refractivity contribution >= 4 is 17.4 Å². The van der Waals surface area contributed by atoms with Gasteiger partial charge >= 0.3 is 0 Å². The maximum absolute atomic E-state index is 6.05. The van der Waals surface area contributed by atoms with E-state index < -0.39 is 0 Å². The minimum Gasteiger partial charge on any atom is -0.474 e. The van der Waals surface area contributed by atoms with Crippen LogP contribution in [0.4, 0.5) is 11.8 Å². The van der Waals surface area contributed by atoms with Crippen LogP contribution in [-0.2, 0) is 0 Å². The highest BCUT2D eigenvalue weighted by molar-refractivity contribution is 5.42. The van der Waals surface area contributed by atoms with E-state index in [1.54, 1.807) is 10.7 Å². The third kappa shape index (κ3) is 3.33. The average Bonchev–Trinajstić information content (AvgIpc) is 3.10. The van der Waals surface area contributed by atoms with Crippen molar-refractivity contribution in [3.8, 4) is 5.88 Å². The van der Waals surface area contributed by atoms with Crippen LogP contribution < -0.4 is 14.5 Å². The highest BCUT2D eigenvalue weighted by Gasteiger charge is 2.23. The third-order valence-electron chi connectivity index (χ3n) is 4.33. The first-order chi connectivity index (χ1) is 12.2. The second-order valence-electron chi connectivity index (χ2n) is 6.31. The highest BCUT2D eigenvalue weighted by atomic mass is 16.5. The van der Waals surface area contributed by atoms with Gasteiger partial charge < -0.3 is 14.5 Å². The van der Waals surface area contributed by atoms with Gasteiger partial charge in [0.05, 0.1) is 6.20 Å². The Bertz CT molecular complexity index is 855. The average molecular weight is 339 g/mol. The van der Waals surface area contributed by atoms with Gasteiger partial charge in [-0.25, -0.2) is 9.50 Å². The SMILES string of the molecule is CN(C)c1ccnc(N2CCC(Oc3ccn4nccc4n3)CC2)n1. The zero-order chi connectivity index (χ0) is 17.2. The van der Waals surface area contributed by atoms with Crippen LogP contribution in [0, 0.1) is 0 Å². The predicted octanol–water partition coefficient (Wildman–Crippen LogP) is 1.63. The summed E-state index contributed by atoms with van der Waals surface area (Å²) in [6, 6.07) is 5.64. The lowest BCUT2D eigenvalue weighted by Gasteiger charge is -2.32. The number of hydrogen-bond acceptors (Lipinski definition) is 7. The van der Waals surface area contributed by atoms with Gasteiger partial charge in [0.25, 0.3) is 0 Å². The molecule has 8 nitrogen and oxygen atoms in total. The maximum atomic E-state index is 6.05. The molecule has 3 aromatic heterocycles. The largest absolute Gasteiger partial charge is 0.474 e. The second-order valence-corrected chi connectivity index (χ2v) is 6.31. The minimum absolute atomic E-state index is 0.158. The molecule has 0 atom stereocenters. The molecule has 0 bridgehead atoms. The van der Waals surface area contributed by atoms with E-state index in [1.165, 1.54) is 0 Å². The van der Waals surface area contributed by atoms with Crippen molar-refractivity contribution in [1.82, 2.24) is 24.6 Å². The first-order valence-electron chi connectivity index (χ1n) is 8.41. The number of aromatic nitrogens is 5. The normalized spacial score (nSPS) is 15.5. The Morgan fingerprint density at radius 2 is 1.92 bits per heavy atom. The summed E-state index contributed by atoms with van der Waals surface area (Å²) in [6.45, 7) is 1.74. The number of rotatable bonds is 4. The molecule has 0 amide bonds. The van der Waals surface area contributed by atoms with E-state index in [0.29, 0.717) is 5.88 Å². The number of anilines is 2. The first kappa shape index (κ1) is 15.6. The van der Waals surface area contributed by atoms with Gasteiger partial charge in [0.2, 0.25) is 11.8 Å². The molecular formula is C17H21N7O. The molecule has 8 heteroatoms.